The number of hydrogen-bond acceptors (Lipinski definition) is 2. The van der Waals surface area contributed by atoms with Crippen LogP contribution >= 0.6 is 0 Å². The van der Waals surface area contributed by atoms with Crippen molar-refractivity contribution in [1.29, 1.82) is 0 Å². The van der Waals surface area contributed by atoms with E-state index < -0.39 is 0 Å². The van der Waals surface area contributed by atoms with Gasteiger partial charge in [0.05, 0.1) is 0 Å². The van der Waals surface area contributed by atoms with Crippen molar-refractivity contribution >= 4 is 16.7 Å². The molecule has 3 nitrogen and oxygen atoms in total. The molecular formula is C18H24N2O. The molecule has 2 atom stereocenters. The van der Waals surface area contributed by atoms with Crippen LogP contribution in [-0.2, 0) is 4.79 Å². The Morgan fingerprint density at radius 1 is 1.14 bits per heavy atom. The third kappa shape index (κ3) is 4.05. The second-order valence-electron chi connectivity index (χ2n) is 5.71. The number of carbonyl (C=O) groups is 1. The predicted molar refractivity (Wildman–Crippen MR) is 87.7 cm³/mol. The Morgan fingerprint density at radius 2 is 1.86 bits per heavy atom. The average molecular weight is 284 g/mol. The molecule has 4 N–H and O–H groups in total. The zero-order chi connectivity index (χ0) is 15.2. The molecule has 0 fully saturated rings. The molecule has 0 bridgehead atoms. The van der Waals surface area contributed by atoms with Crippen molar-refractivity contribution in [2.24, 2.45) is 17.4 Å². The minimum atomic E-state index is -0.271. The van der Waals surface area contributed by atoms with Crippen LogP contribution in [0.15, 0.2) is 42.5 Å². The number of carbonyl (C=O) groups excluding carboxylic acids is 1. The molecule has 2 aromatic rings. The van der Waals surface area contributed by atoms with Crippen LogP contribution < -0.4 is 11.5 Å². The third-order valence-corrected chi connectivity index (χ3v) is 4.06. The van der Waals surface area contributed by atoms with Crippen LogP contribution in [0, 0.1) is 5.92 Å². The molecule has 0 aliphatic heterocycles. The van der Waals surface area contributed by atoms with Gasteiger partial charge in [-0.1, -0.05) is 56.2 Å². The first-order chi connectivity index (χ1) is 10.1. The van der Waals surface area contributed by atoms with E-state index in [1.54, 1.807) is 0 Å². The lowest BCUT2D eigenvalue weighted by Gasteiger charge is -2.23. The lowest BCUT2D eigenvalue weighted by atomic mass is 9.86. The van der Waals surface area contributed by atoms with Crippen molar-refractivity contribution in [3.8, 4) is 0 Å². The summed E-state index contributed by atoms with van der Waals surface area (Å²) >= 11 is 0. The van der Waals surface area contributed by atoms with Crippen LogP contribution in [0.4, 0.5) is 0 Å². The van der Waals surface area contributed by atoms with Gasteiger partial charge in [0, 0.05) is 12.5 Å². The summed E-state index contributed by atoms with van der Waals surface area (Å²) in [5.41, 5.74) is 12.9. The highest BCUT2D eigenvalue weighted by molar-refractivity contribution is 5.83. The lowest BCUT2D eigenvalue weighted by molar-refractivity contribution is -0.119. The number of fused-ring (bicyclic) bond motifs is 1. The molecule has 2 rings (SSSR count). The summed E-state index contributed by atoms with van der Waals surface area (Å²) in [6.07, 6.45) is 3.46. The largest absolute Gasteiger partial charge is 0.370 e. The van der Waals surface area contributed by atoms with E-state index in [0.29, 0.717) is 6.42 Å². The SMILES string of the molecule is CCCC[C@@H](CC(N)=O)C(N)c1ccc2ccccc2c1. The van der Waals surface area contributed by atoms with Crippen molar-refractivity contribution < 1.29 is 4.79 Å². The fraction of sp³-hybridized carbons (Fsp3) is 0.389. The van der Waals surface area contributed by atoms with E-state index in [0.717, 1.165) is 24.8 Å². The molecule has 0 aliphatic rings. The normalized spacial score (nSPS) is 14.0. The second kappa shape index (κ2) is 7.23. The Bertz CT molecular complexity index is 609. The van der Waals surface area contributed by atoms with Gasteiger partial charge in [0.25, 0.3) is 0 Å². The molecule has 0 saturated carbocycles. The Hall–Kier alpha value is -1.87. The van der Waals surface area contributed by atoms with Gasteiger partial charge in [-0.05, 0) is 34.7 Å². The molecule has 112 valence electrons. The van der Waals surface area contributed by atoms with Gasteiger partial charge in [-0.3, -0.25) is 4.79 Å². The number of unbranched alkanes of at least 4 members (excludes halogenated alkanes) is 1. The number of primary amides is 1. The number of hydrogen-bond donors (Lipinski definition) is 2. The smallest absolute Gasteiger partial charge is 0.217 e. The van der Waals surface area contributed by atoms with Crippen LogP contribution in [0.5, 0.6) is 0 Å². The van der Waals surface area contributed by atoms with Crippen LogP contribution in [0.2, 0.25) is 0 Å². The van der Waals surface area contributed by atoms with Gasteiger partial charge in [0.2, 0.25) is 5.91 Å². The minimum Gasteiger partial charge on any atom is -0.370 e. The van der Waals surface area contributed by atoms with E-state index >= 15 is 0 Å². The number of amides is 1. The van der Waals surface area contributed by atoms with E-state index in [1.165, 1.54) is 10.8 Å². The maximum atomic E-state index is 11.3. The first-order valence-electron chi connectivity index (χ1n) is 7.64. The summed E-state index contributed by atoms with van der Waals surface area (Å²) in [6.45, 7) is 2.14. The minimum absolute atomic E-state index is 0.114. The number of rotatable bonds is 7. The molecule has 0 saturated heterocycles. The number of benzene rings is 2. The molecule has 0 heterocycles. The van der Waals surface area contributed by atoms with Gasteiger partial charge in [-0.2, -0.15) is 0 Å². The van der Waals surface area contributed by atoms with E-state index in [4.69, 9.17) is 11.5 Å². The molecule has 0 radical (unpaired) electrons. The van der Waals surface area contributed by atoms with E-state index in [9.17, 15) is 4.79 Å². The Kier molecular flexibility index (Phi) is 5.34. The van der Waals surface area contributed by atoms with Crippen molar-refractivity contribution in [3.63, 3.8) is 0 Å². The van der Waals surface area contributed by atoms with Crippen molar-refractivity contribution in [3.05, 3.63) is 48.0 Å². The molecule has 1 amide bonds. The lowest BCUT2D eigenvalue weighted by Crippen LogP contribution is -2.26. The van der Waals surface area contributed by atoms with Crippen molar-refractivity contribution in [2.45, 2.75) is 38.6 Å². The highest BCUT2D eigenvalue weighted by Crippen LogP contribution is 2.29. The first kappa shape index (κ1) is 15.5. The van der Waals surface area contributed by atoms with Gasteiger partial charge in [-0.15, -0.1) is 0 Å². The molecule has 0 aromatic heterocycles. The van der Waals surface area contributed by atoms with Gasteiger partial charge in [0.15, 0.2) is 0 Å². The molecule has 3 heteroatoms. The maximum absolute atomic E-state index is 11.3. The Labute approximate surface area is 126 Å². The summed E-state index contributed by atoms with van der Waals surface area (Å²) in [5, 5.41) is 2.38. The average Bonchev–Trinajstić information content (AvgIpc) is 2.50. The zero-order valence-electron chi connectivity index (χ0n) is 12.6. The summed E-state index contributed by atoms with van der Waals surface area (Å²) in [4.78, 5) is 11.3. The van der Waals surface area contributed by atoms with Gasteiger partial charge in [-0.25, -0.2) is 0 Å². The van der Waals surface area contributed by atoms with Crippen LogP contribution in [0.3, 0.4) is 0 Å². The fourth-order valence-electron chi connectivity index (χ4n) is 2.82. The van der Waals surface area contributed by atoms with Crippen LogP contribution in [0.1, 0.15) is 44.2 Å². The summed E-state index contributed by atoms with van der Waals surface area (Å²) in [7, 11) is 0. The van der Waals surface area contributed by atoms with Gasteiger partial charge < -0.3 is 11.5 Å². The Morgan fingerprint density at radius 3 is 2.52 bits per heavy atom. The summed E-state index contributed by atoms with van der Waals surface area (Å²) in [6, 6.07) is 14.4. The molecule has 0 aliphatic carbocycles. The fourth-order valence-corrected chi connectivity index (χ4v) is 2.82. The van der Waals surface area contributed by atoms with E-state index in [-0.39, 0.29) is 17.9 Å². The standard InChI is InChI=1S/C18H24N2O/c1-2-3-6-15(12-17(19)21)18(20)16-10-9-13-7-4-5-8-14(13)11-16/h4-5,7-11,15,18H,2-3,6,12,20H2,1H3,(H2,19,21)/t15-,18?/m0/s1. The van der Waals surface area contributed by atoms with Crippen LogP contribution in [0.25, 0.3) is 10.8 Å². The summed E-state index contributed by atoms with van der Waals surface area (Å²) < 4.78 is 0. The van der Waals surface area contributed by atoms with Crippen molar-refractivity contribution in [2.75, 3.05) is 0 Å². The molecule has 1 unspecified atom stereocenters. The molecule has 21 heavy (non-hydrogen) atoms. The highest BCUT2D eigenvalue weighted by Gasteiger charge is 2.21. The summed E-state index contributed by atoms with van der Waals surface area (Å²) in [5.74, 6) is -0.157. The quantitative estimate of drug-likeness (QED) is 0.816. The third-order valence-electron chi connectivity index (χ3n) is 4.06. The van der Waals surface area contributed by atoms with Crippen molar-refractivity contribution in [1.82, 2.24) is 0 Å². The predicted octanol–water partition coefficient (Wildman–Crippen LogP) is 3.52. The monoisotopic (exact) mass is 284 g/mol. The molecule has 0 spiro atoms. The van der Waals surface area contributed by atoms with E-state index in [2.05, 4.69) is 37.3 Å². The van der Waals surface area contributed by atoms with Gasteiger partial charge in [0.1, 0.15) is 0 Å². The van der Waals surface area contributed by atoms with Crippen LogP contribution in [-0.4, -0.2) is 5.91 Å². The van der Waals surface area contributed by atoms with E-state index in [1.807, 2.05) is 12.1 Å². The Balaban J connectivity index is 2.23. The highest BCUT2D eigenvalue weighted by atomic mass is 16.1. The second-order valence-corrected chi connectivity index (χ2v) is 5.71. The zero-order valence-corrected chi connectivity index (χ0v) is 12.6. The maximum Gasteiger partial charge on any atom is 0.217 e. The first-order valence-corrected chi connectivity index (χ1v) is 7.64. The molecular weight excluding hydrogens is 260 g/mol. The topological polar surface area (TPSA) is 69.1 Å². The number of nitrogens with two attached hydrogens (primary N) is 2. The van der Waals surface area contributed by atoms with Gasteiger partial charge >= 0.3 is 0 Å². The molecule has 2 aromatic carbocycles.